The summed E-state index contributed by atoms with van der Waals surface area (Å²) in [4.78, 5) is 12.1. The predicted molar refractivity (Wildman–Crippen MR) is 52.0 cm³/mol. The third-order valence-electron chi connectivity index (χ3n) is 3.08. The molecule has 0 aromatic rings. The maximum absolute atomic E-state index is 10.8. The smallest absolute Gasteiger partial charge is 0.407 e. The maximum atomic E-state index is 10.8. The normalized spacial score (nSPS) is 30.1. The van der Waals surface area contributed by atoms with Crippen molar-refractivity contribution < 1.29 is 15.0 Å². The molecule has 1 amide bonds. The molecule has 2 unspecified atom stereocenters. The van der Waals surface area contributed by atoms with E-state index >= 15 is 0 Å². The van der Waals surface area contributed by atoms with Crippen LogP contribution < -0.4 is 5.73 Å². The van der Waals surface area contributed by atoms with Crippen LogP contribution in [0.4, 0.5) is 4.79 Å². The number of nitrogens with two attached hydrogens (primary N) is 1. The molecule has 0 aromatic heterocycles. The van der Waals surface area contributed by atoms with Gasteiger partial charge in [0.1, 0.15) is 0 Å². The summed E-state index contributed by atoms with van der Waals surface area (Å²) < 4.78 is 0. The molecule has 0 saturated carbocycles. The van der Waals surface area contributed by atoms with E-state index in [1.807, 2.05) is 6.92 Å². The lowest BCUT2D eigenvalue weighted by Crippen LogP contribution is -2.59. The number of likely N-dealkylation sites (tertiary alicyclic amines) is 1. The highest BCUT2D eigenvalue weighted by atomic mass is 16.4. The lowest BCUT2D eigenvalue weighted by molar-refractivity contribution is 0.0728. The van der Waals surface area contributed by atoms with Gasteiger partial charge in [0.2, 0.25) is 0 Å². The minimum atomic E-state index is -0.926. The fraction of sp³-hybridized carbons (Fsp3) is 0.889. The largest absolute Gasteiger partial charge is 0.465 e. The van der Waals surface area contributed by atoms with Crippen LogP contribution in [0.2, 0.25) is 0 Å². The first-order valence-electron chi connectivity index (χ1n) is 4.87. The van der Waals surface area contributed by atoms with Gasteiger partial charge in [0, 0.05) is 25.2 Å². The summed E-state index contributed by atoms with van der Waals surface area (Å²) in [5.74, 6) is -0.0651. The van der Waals surface area contributed by atoms with Crippen molar-refractivity contribution >= 4 is 6.09 Å². The Morgan fingerprint density at radius 2 is 2.36 bits per heavy atom. The van der Waals surface area contributed by atoms with Crippen molar-refractivity contribution in [3.05, 3.63) is 0 Å². The van der Waals surface area contributed by atoms with E-state index in [0.29, 0.717) is 13.1 Å². The molecule has 5 heteroatoms. The van der Waals surface area contributed by atoms with Gasteiger partial charge in [-0.15, -0.1) is 0 Å². The molecule has 82 valence electrons. The summed E-state index contributed by atoms with van der Waals surface area (Å²) in [7, 11) is 0. The Kier molecular flexibility index (Phi) is 3.34. The first-order valence-corrected chi connectivity index (χ1v) is 4.87. The fourth-order valence-electron chi connectivity index (χ4n) is 1.86. The molecular formula is C9H18N2O3. The number of carbonyl (C=O) groups is 1. The molecule has 1 aliphatic rings. The number of amides is 1. The molecule has 14 heavy (non-hydrogen) atoms. The topological polar surface area (TPSA) is 86.8 Å². The second kappa shape index (κ2) is 4.14. The maximum Gasteiger partial charge on any atom is 0.407 e. The lowest BCUT2D eigenvalue weighted by Gasteiger charge is -2.42. The highest BCUT2D eigenvalue weighted by Gasteiger charge is 2.37. The van der Waals surface area contributed by atoms with E-state index in [2.05, 4.69) is 0 Å². The molecule has 1 aliphatic heterocycles. The number of hydrogen-bond acceptors (Lipinski definition) is 3. The van der Waals surface area contributed by atoms with Crippen LogP contribution in [0.25, 0.3) is 0 Å². The van der Waals surface area contributed by atoms with Gasteiger partial charge < -0.3 is 20.8 Å². The standard InChI is InChI=1S/C9H18N2O3/c1-7(5-12)9(10)3-2-4-11(6-9)8(13)14/h7,12H,2-6,10H2,1H3,(H,13,14). The van der Waals surface area contributed by atoms with E-state index in [1.54, 1.807) is 0 Å². The molecule has 0 radical (unpaired) electrons. The Balaban J connectivity index is 2.66. The first-order chi connectivity index (χ1) is 6.49. The zero-order valence-corrected chi connectivity index (χ0v) is 8.44. The second-order valence-corrected chi connectivity index (χ2v) is 4.12. The van der Waals surface area contributed by atoms with Crippen LogP contribution in [0, 0.1) is 5.92 Å². The van der Waals surface area contributed by atoms with Crippen LogP contribution in [0.5, 0.6) is 0 Å². The van der Waals surface area contributed by atoms with Crippen molar-refractivity contribution in [2.45, 2.75) is 25.3 Å². The number of hydrogen-bond donors (Lipinski definition) is 3. The van der Waals surface area contributed by atoms with E-state index in [0.717, 1.165) is 12.8 Å². The summed E-state index contributed by atoms with van der Waals surface area (Å²) in [6, 6.07) is 0. The van der Waals surface area contributed by atoms with Gasteiger partial charge in [0.15, 0.2) is 0 Å². The number of nitrogens with zero attached hydrogens (tertiary/aromatic N) is 1. The van der Waals surface area contributed by atoms with Crippen molar-refractivity contribution in [2.24, 2.45) is 11.7 Å². The summed E-state index contributed by atoms with van der Waals surface area (Å²) >= 11 is 0. The summed E-state index contributed by atoms with van der Waals surface area (Å²) in [5.41, 5.74) is 5.51. The predicted octanol–water partition coefficient (Wildman–Crippen LogP) is 0.0861. The Labute approximate surface area is 83.5 Å². The van der Waals surface area contributed by atoms with Gasteiger partial charge in [-0.3, -0.25) is 0 Å². The average molecular weight is 202 g/mol. The molecule has 0 spiro atoms. The molecule has 5 nitrogen and oxygen atoms in total. The SMILES string of the molecule is CC(CO)C1(N)CCCN(C(=O)O)C1. The van der Waals surface area contributed by atoms with Gasteiger partial charge in [-0.2, -0.15) is 0 Å². The minimum Gasteiger partial charge on any atom is -0.465 e. The number of aliphatic hydroxyl groups excluding tert-OH is 1. The molecule has 2 atom stereocenters. The summed E-state index contributed by atoms with van der Waals surface area (Å²) in [5, 5.41) is 17.9. The summed E-state index contributed by atoms with van der Waals surface area (Å²) in [6.07, 6.45) is 0.621. The molecule has 1 saturated heterocycles. The number of rotatable bonds is 2. The van der Waals surface area contributed by atoms with Crippen LogP contribution in [0.3, 0.4) is 0 Å². The van der Waals surface area contributed by atoms with Crippen LogP contribution >= 0.6 is 0 Å². The van der Waals surface area contributed by atoms with Crippen LogP contribution in [0.1, 0.15) is 19.8 Å². The Bertz CT molecular complexity index is 222. The van der Waals surface area contributed by atoms with Gasteiger partial charge in [-0.25, -0.2) is 4.79 Å². The quantitative estimate of drug-likeness (QED) is 0.592. The van der Waals surface area contributed by atoms with E-state index in [1.165, 1.54) is 4.90 Å². The van der Waals surface area contributed by atoms with Crippen LogP contribution in [-0.4, -0.2) is 46.4 Å². The highest BCUT2D eigenvalue weighted by Crippen LogP contribution is 2.25. The molecule has 4 N–H and O–H groups in total. The highest BCUT2D eigenvalue weighted by molar-refractivity contribution is 5.65. The Morgan fingerprint density at radius 3 is 2.86 bits per heavy atom. The Morgan fingerprint density at radius 1 is 1.71 bits per heavy atom. The van der Waals surface area contributed by atoms with E-state index < -0.39 is 11.6 Å². The Hall–Kier alpha value is -0.810. The van der Waals surface area contributed by atoms with E-state index in [-0.39, 0.29) is 12.5 Å². The van der Waals surface area contributed by atoms with Crippen molar-refractivity contribution in [2.75, 3.05) is 19.7 Å². The molecule has 1 rings (SSSR count). The minimum absolute atomic E-state index is 0.00393. The molecule has 1 fully saturated rings. The van der Waals surface area contributed by atoms with Crippen molar-refractivity contribution in [1.82, 2.24) is 4.90 Å². The van der Waals surface area contributed by atoms with Crippen molar-refractivity contribution in [3.63, 3.8) is 0 Å². The number of aliphatic hydroxyl groups is 1. The van der Waals surface area contributed by atoms with Gasteiger partial charge in [-0.05, 0) is 18.8 Å². The molecule has 1 heterocycles. The molecule has 0 aromatic carbocycles. The zero-order chi connectivity index (χ0) is 10.8. The third-order valence-corrected chi connectivity index (χ3v) is 3.08. The average Bonchev–Trinajstić information content (AvgIpc) is 2.16. The molecule has 0 bridgehead atoms. The van der Waals surface area contributed by atoms with E-state index in [4.69, 9.17) is 15.9 Å². The van der Waals surface area contributed by atoms with Gasteiger partial charge in [-0.1, -0.05) is 6.92 Å². The first kappa shape index (κ1) is 11.3. The van der Waals surface area contributed by atoms with E-state index in [9.17, 15) is 4.79 Å². The number of carboxylic acid groups (broad SMARTS) is 1. The van der Waals surface area contributed by atoms with Gasteiger partial charge in [0.25, 0.3) is 0 Å². The fourth-order valence-corrected chi connectivity index (χ4v) is 1.86. The van der Waals surface area contributed by atoms with Crippen molar-refractivity contribution in [3.8, 4) is 0 Å². The molecule has 0 aliphatic carbocycles. The number of piperidine rings is 1. The second-order valence-electron chi connectivity index (χ2n) is 4.12. The zero-order valence-electron chi connectivity index (χ0n) is 8.44. The van der Waals surface area contributed by atoms with Crippen molar-refractivity contribution in [1.29, 1.82) is 0 Å². The van der Waals surface area contributed by atoms with Crippen LogP contribution in [-0.2, 0) is 0 Å². The van der Waals surface area contributed by atoms with Crippen LogP contribution in [0.15, 0.2) is 0 Å². The lowest BCUT2D eigenvalue weighted by atomic mass is 9.80. The molecular weight excluding hydrogens is 184 g/mol. The monoisotopic (exact) mass is 202 g/mol. The third kappa shape index (κ3) is 2.16. The summed E-state index contributed by atoms with van der Waals surface area (Å²) in [6.45, 7) is 2.73. The van der Waals surface area contributed by atoms with Gasteiger partial charge >= 0.3 is 6.09 Å². The van der Waals surface area contributed by atoms with Gasteiger partial charge in [0.05, 0.1) is 0 Å².